The summed E-state index contributed by atoms with van der Waals surface area (Å²) in [7, 11) is 2.17. The molecule has 100 valence electrons. The van der Waals surface area contributed by atoms with E-state index in [1.807, 2.05) is 24.0 Å². The zero-order valence-corrected chi connectivity index (χ0v) is 11.9. The topological polar surface area (TPSA) is 42.1 Å². The van der Waals surface area contributed by atoms with Gasteiger partial charge in [0.05, 0.1) is 5.52 Å². The number of para-hydroxylation sites is 1. The number of fused-ring (bicyclic) bond motifs is 1. The van der Waals surface area contributed by atoms with Crippen LogP contribution in [0.4, 0.5) is 0 Å². The quantitative estimate of drug-likeness (QED) is 0.911. The van der Waals surface area contributed by atoms with Crippen molar-refractivity contribution in [2.75, 3.05) is 25.1 Å². The first-order valence-electron chi connectivity index (χ1n) is 6.64. The van der Waals surface area contributed by atoms with Crippen molar-refractivity contribution in [3.8, 4) is 0 Å². The first-order valence-corrected chi connectivity index (χ1v) is 7.80. The van der Waals surface area contributed by atoms with Crippen molar-refractivity contribution in [2.24, 2.45) is 5.73 Å². The van der Waals surface area contributed by atoms with Gasteiger partial charge in [-0.2, -0.15) is 11.8 Å². The SMILES string of the molecule is CN1CCSCC1C(N)c1cccc2cccnc12. The molecule has 4 heteroatoms. The van der Waals surface area contributed by atoms with E-state index in [4.69, 9.17) is 5.73 Å². The van der Waals surface area contributed by atoms with Crippen LogP contribution in [0.2, 0.25) is 0 Å². The standard InChI is InChI=1S/C15H19N3S/c1-18-8-9-19-10-13(18)14(16)12-6-2-4-11-5-3-7-17-15(11)12/h2-7,13-14H,8-10,16H2,1H3. The molecular formula is C15H19N3S. The van der Waals surface area contributed by atoms with Crippen LogP contribution in [0.1, 0.15) is 11.6 Å². The number of rotatable bonds is 2. The number of thioether (sulfide) groups is 1. The monoisotopic (exact) mass is 273 g/mol. The molecule has 3 rings (SSSR count). The van der Waals surface area contributed by atoms with Gasteiger partial charge in [0.2, 0.25) is 0 Å². The van der Waals surface area contributed by atoms with Crippen LogP contribution >= 0.6 is 11.8 Å². The van der Waals surface area contributed by atoms with Crippen molar-refractivity contribution < 1.29 is 0 Å². The lowest BCUT2D eigenvalue weighted by Gasteiger charge is -2.36. The van der Waals surface area contributed by atoms with Crippen LogP contribution in [-0.2, 0) is 0 Å². The third kappa shape index (κ3) is 2.48. The maximum Gasteiger partial charge on any atom is 0.0750 e. The normalized spacial score (nSPS) is 22.5. The van der Waals surface area contributed by atoms with E-state index in [1.54, 1.807) is 0 Å². The van der Waals surface area contributed by atoms with E-state index < -0.39 is 0 Å². The summed E-state index contributed by atoms with van der Waals surface area (Å²) in [4.78, 5) is 6.89. The molecule has 3 nitrogen and oxygen atoms in total. The zero-order valence-electron chi connectivity index (χ0n) is 11.1. The first kappa shape index (κ1) is 12.9. The lowest BCUT2D eigenvalue weighted by atomic mass is 9.97. The van der Waals surface area contributed by atoms with Crippen LogP contribution in [-0.4, -0.2) is 41.0 Å². The number of benzene rings is 1. The summed E-state index contributed by atoms with van der Waals surface area (Å²) in [5.74, 6) is 2.30. The van der Waals surface area contributed by atoms with E-state index in [9.17, 15) is 0 Å². The van der Waals surface area contributed by atoms with Gasteiger partial charge in [-0.25, -0.2) is 0 Å². The van der Waals surface area contributed by atoms with E-state index in [1.165, 1.54) is 11.1 Å². The highest BCUT2D eigenvalue weighted by atomic mass is 32.2. The van der Waals surface area contributed by atoms with E-state index in [-0.39, 0.29) is 6.04 Å². The van der Waals surface area contributed by atoms with Gasteiger partial charge in [0.1, 0.15) is 0 Å². The predicted molar refractivity (Wildman–Crippen MR) is 82.4 cm³/mol. The van der Waals surface area contributed by atoms with Crippen molar-refractivity contribution in [3.05, 3.63) is 42.1 Å². The smallest absolute Gasteiger partial charge is 0.0750 e. The molecule has 1 aliphatic heterocycles. The fourth-order valence-electron chi connectivity index (χ4n) is 2.69. The number of nitrogens with zero attached hydrogens (tertiary/aromatic N) is 2. The van der Waals surface area contributed by atoms with Gasteiger partial charge in [-0.1, -0.05) is 24.3 Å². The van der Waals surface area contributed by atoms with Gasteiger partial charge in [0.15, 0.2) is 0 Å². The Hall–Kier alpha value is -1.10. The molecule has 0 radical (unpaired) electrons. The number of aromatic nitrogens is 1. The molecule has 2 atom stereocenters. The van der Waals surface area contributed by atoms with Crippen LogP contribution < -0.4 is 5.73 Å². The molecular weight excluding hydrogens is 254 g/mol. The second kappa shape index (κ2) is 5.49. The van der Waals surface area contributed by atoms with E-state index in [0.29, 0.717) is 6.04 Å². The van der Waals surface area contributed by atoms with Crippen molar-refractivity contribution in [3.63, 3.8) is 0 Å². The minimum Gasteiger partial charge on any atom is -0.323 e. The molecule has 0 aliphatic carbocycles. The summed E-state index contributed by atoms with van der Waals surface area (Å²) >= 11 is 1.99. The van der Waals surface area contributed by atoms with Crippen LogP contribution in [0.3, 0.4) is 0 Å². The molecule has 2 N–H and O–H groups in total. The predicted octanol–water partition coefficient (Wildman–Crippen LogP) is 2.28. The van der Waals surface area contributed by atoms with E-state index in [2.05, 4.69) is 41.2 Å². The van der Waals surface area contributed by atoms with Crippen molar-refractivity contribution in [1.29, 1.82) is 0 Å². The molecule has 0 amide bonds. The Morgan fingerprint density at radius 2 is 2.21 bits per heavy atom. The summed E-state index contributed by atoms with van der Waals surface area (Å²) in [5.41, 5.74) is 8.74. The number of likely N-dealkylation sites (N-methyl/N-ethyl adjacent to an activating group) is 1. The first-order chi connectivity index (χ1) is 9.27. The molecule has 0 spiro atoms. The highest BCUT2D eigenvalue weighted by molar-refractivity contribution is 7.99. The largest absolute Gasteiger partial charge is 0.323 e. The third-order valence-electron chi connectivity index (χ3n) is 3.88. The minimum absolute atomic E-state index is 0.0244. The second-order valence-electron chi connectivity index (χ2n) is 5.07. The average Bonchev–Trinajstić information content (AvgIpc) is 2.46. The molecule has 1 saturated heterocycles. The molecule has 2 unspecified atom stereocenters. The molecule has 1 aromatic carbocycles. The Balaban J connectivity index is 1.99. The van der Waals surface area contributed by atoms with E-state index >= 15 is 0 Å². The number of hydrogen-bond acceptors (Lipinski definition) is 4. The van der Waals surface area contributed by atoms with E-state index in [0.717, 1.165) is 23.4 Å². The zero-order chi connectivity index (χ0) is 13.2. The highest BCUT2D eigenvalue weighted by Crippen LogP contribution is 2.28. The summed E-state index contributed by atoms with van der Waals surface area (Å²) in [6, 6.07) is 10.8. The van der Waals surface area contributed by atoms with Gasteiger partial charge in [-0.05, 0) is 18.7 Å². The van der Waals surface area contributed by atoms with Crippen LogP contribution in [0, 0.1) is 0 Å². The molecule has 0 bridgehead atoms. The van der Waals surface area contributed by atoms with Crippen molar-refractivity contribution in [1.82, 2.24) is 9.88 Å². The lowest BCUT2D eigenvalue weighted by molar-refractivity contribution is 0.238. The van der Waals surface area contributed by atoms with Gasteiger partial charge in [0, 0.05) is 41.7 Å². The molecule has 2 heterocycles. The highest BCUT2D eigenvalue weighted by Gasteiger charge is 2.27. The van der Waals surface area contributed by atoms with Crippen LogP contribution in [0.25, 0.3) is 10.9 Å². The van der Waals surface area contributed by atoms with Crippen molar-refractivity contribution >= 4 is 22.7 Å². The average molecular weight is 273 g/mol. The van der Waals surface area contributed by atoms with Gasteiger partial charge < -0.3 is 5.73 Å². The molecule has 1 aromatic heterocycles. The maximum absolute atomic E-state index is 6.53. The fraction of sp³-hybridized carbons (Fsp3) is 0.400. The Labute approximate surface area is 118 Å². The van der Waals surface area contributed by atoms with Crippen molar-refractivity contribution in [2.45, 2.75) is 12.1 Å². The Morgan fingerprint density at radius 1 is 1.37 bits per heavy atom. The molecule has 0 saturated carbocycles. The summed E-state index contributed by atoms with van der Waals surface area (Å²) in [6.07, 6.45) is 1.85. The summed E-state index contributed by atoms with van der Waals surface area (Å²) in [5, 5.41) is 1.17. The third-order valence-corrected chi connectivity index (χ3v) is 4.93. The second-order valence-corrected chi connectivity index (χ2v) is 6.22. The summed E-state index contributed by atoms with van der Waals surface area (Å²) < 4.78 is 0. The van der Waals surface area contributed by atoms with Gasteiger partial charge in [0.25, 0.3) is 0 Å². The van der Waals surface area contributed by atoms with Crippen LogP contribution in [0.5, 0.6) is 0 Å². The minimum atomic E-state index is 0.0244. The number of pyridine rings is 1. The molecule has 19 heavy (non-hydrogen) atoms. The summed E-state index contributed by atoms with van der Waals surface area (Å²) in [6.45, 7) is 1.11. The number of nitrogens with two attached hydrogens (primary N) is 1. The number of hydrogen-bond donors (Lipinski definition) is 1. The van der Waals surface area contributed by atoms with Crippen LogP contribution in [0.15, 0.2) is 36.5 Å². The van der Waals surface area contributed by atoms with Gasteiger partial charge in [-0.15, -0.1) is 0 Å². The molecule has 1 fully saturated rings. The maximum atomic E-state index is 6.53. The Bertz CT molecular complexity index is 567. The van der Waals surface area contributed by atoms with Gasteiger partial charge in [-0.3, -0.25) is 9.88 Å². The molecule has 2 aromatic rings. The Kier molecular flexibility index (Phi) is 3.73. The Morgan fingerprint density at radius 3 is 3.05 bits per heavy atom. The lowest BCUT2D eigenvalue weighted by Crippen LogP contribution is -2.46. The van der Waals surface area contributed by atoms with Gasteiger partial charge >= 0.3 is 0 Å². The molecule has 1 aliphatic rings. The fourth-order valence-corrected chi connectivity index (χ4v) is 3.97.